The molecule has 1 rings (SSSR count). The molecule has 0 radical (unpaired) electrons. The van der Waals surface area contributed by atoms with Crippen LogP contribution >= 0.6 is 0 Å². The van der Waals surface area contributed by atoms with Crippen LogP contribution < -0.4 is 10.6 Å². The van der Waals surface area contributed by atoms with Crippen LogP contribution in [-0.2, 0) is 14.3 Å². The van der Waals surface area contributed by atoms with E-state index in [1.807, 2.05) is 32.9 Å². The first-order valence-electron chi connectivity index (χ1n) is 6.73. The zero-order valence-corrected chi connectivity index (χ0v) is 12.9. The average Bonchev–Trinajstić information content (AvgIpc) is 2.34. The Morgan fingerprint density at radius 1 is 1.10 bits per heavy atom. The largest absolute Gasteiger partial charge is 0.464 e. The molecule has 6 heteroatoms. The standard InChI is InChI=1S/C15H22N2O4/c1-11(18)20-10-9-16-12-5-7-13(8-6-12)17-14(19)21-15(2,3)4/h5-8,16H,9-10H2,1-4H3,(H,17,19). The Morgan fingerprint density at radius 3 is 2.19 bits per heavy atom. The van der Waals surface area contributed by atoms with E-state index >= 15 is 0 Å². The zero-order chi connectivity index (χ0) is 15.9. The normalized spacial score (nSPS) is 10.7. The van der Waals surface area contributed by atoms with E-state index in [9.17, 15) is 9.59 Å². The van der Waals surface area contributed by atoms with Crippen molar-refractivity contribution in [3.05, 3.63) is 24.3 Å². The molecule has 0 saturated carbocycles. The third-order valence-electron chi connectivity index (χ3n) is 2.27. The highest BCUT2D eigenvalue weighted by Gasteiger charge is 2.15. The van der Waals surface area contributed by atoms with Crippen LogP contribution in [0.5, 0.6) is 0 Å². The molecule has 0 spiro atoms. The van der Waals surface area contributed by atoms with Crippen molar-refractivity contribution >= 4 is 23.4 Å². The van der Waals surface area contributed by atoms with Crippen molar-refractivity contribution < 1.29 is 19.1 Å². The fourth-order valence-corrected chi connectivity index (χ4v) is 1.48. The van der Waals surface area contributed by atoms with E-state index in [0.717, 1.165) is 5.69 Å². The summed E-state index contributed by atoms with van der Waals surface area (Å²) >= 11 is 0. The second-order valence-corrected chi connectivity index (χ2v) is 5.47. The van der Waals surface area contributed by atoms with Gasteiger partial charge in [0.15, 0.2) is 0 Å². The monoisotopic (exact) mass is 294 g/mol. The molecule has 0 aliphatic rings. The van der Waals surface area contributed by atoms with Crippen molar-refractivity contribution in [2.24, 2.45) is 0 Å². The lowest BCUT2D eigenvalue weighted by Gasteiger charge is -2.19. The molecule has 0 atom stereocenters. The Morgan fingerprint density at radius 2 is 1.67 bits per heavy atom. The molecular weight excluding hydrogens is 272 g/mol. The lowest BCUT2D eigenvalue weighted by molar-refractivity contribution is -0.140. The topological polar surface area (TPSA) is 76.7 Å². The molecule has 1 aromatic rings. The highest BCUT2D eigenvalue weighted by Crippen LogP contribution is 2.15. The maximum Gasteiger partial charge on any atom is 0.412 e. The van der Waals surface area contributed by atoms with E-state index in [1.165, 1.54) is 6.92 Å². The quantitative estimate of drug-likeness (QED) is 0.645. The second kappa shape index (κ2) is 7.52. The molecule has 0 bridgehead atoms. The van der Waals surface area contributed by atoms with Crippen LogP contribution in [0.2, 0.25) is 0 Å². The highest BCUT2D eigenvalue weighted by atomic mass is 16.6. The van der Waals surface area contributed by atoms with Crippen LogP contribution in [0.25, 0.3) is 0 Å². The summed E-state index contributed by atoms with van der Waals surface area (Å²) < 4.78 is 9.97. The molecule has 21 heavy (non-hydrogen) atoms. The molecule has 0 unspecified atom stereocenters. The number of hydrogen-bond acceptors (Lipinski definition) is 5. The van der Waals surface area contributed by atoms with E-state index in [-0.39, 0.29) is 5.97 Å². The Labute approximate surface area is 124 Å². The lowest BCUT2D eigenvalue weighted by Crippen LogP contribution is -2.27. The second-order valence-electron chi connectivity index (χ2n) is 5.47. The van der Waals surface area contributed by atoms with Crippen LogP contribution in [-0.4, -0.2) is 30.8 Å². The molecule has 0 heterocycles. The minimum atomic E-state index is -0.526. The van der Waals surface area contributed by atoms with Gasteiger partial charge in [-0.3, -0.25) is 10.1 Å². The van der Waals surface area contributed by atoms with Crippen molar-refractivity contribution in [2.75, 3.05) is 23.8 Å². The number of esters is 1. The van der Waals surface area contributed by atoms with Crippen molar-refractivity contribution in [1.82, 2.24) is 0 Å². The summed E-state index contributed by atoms with van der Waals surface area (Å²) in [4.78, 5) is 22.2. The number of carbonyl (C=O) groups is 2. The number of amides is 1. The van der Waals surface area contributed by atoms with Crippen LogP contribution in [0.15, 0.2) is 24.3 Å². The maximum atomic E-state index is 11.6. The predicted molar refractivity (Wildman–Crippen MR) is 81.4 cm³/mol. The molecule has 0 aliphatic heterocycles. The average molecular weight is 294 g/mol. The van der Waals surface area contributed by atoms with Crippen molar-refractivity contribution in [1.29, 1.82) is 0 Å². The van der Waals surface area contributed by atoms with Crippen LogP contribution in [0, 0.1) is 0 Å². The number of rotatable bonds is 5. The summed E-state index contributed by atoms with van der Waals surface area (Å²) in [6.45, 7) is 7.64. The van der Waals surface area contributed by atoms with Gasteiger partial charge in [-0.05, 0) is 45.0 Å². The summed E-state index contributed by atoms with van der Waals surface area (Å²) in [7, 11) is 0. The van der Waals surface area contributed by atoms with Gasteiger partial charge >= 0.3 is 12.1 Å². The van der Waals surface area contributed by atoms with Gasteiger partial charge in [0.2, 0.25) is 0 Å². The molecule has 116 valence electrons. The van der Waals surface area contributed by atoms with Gasteiger partial charge in [-0.25, -0.2) is 4.79 Å². The fraction of sp³-hybridized carbons (Fsp3) is 0.467. The molecule has 1 aromatic carbocycles. The smallest absolute Gasteiger partial charge is 0.412 e. The molecule has 2 N–H and O–H groups in total. The summed E-state index contributed by atoms with van der Waals surface area (Å²) in [6.07, 6.45) is -0.488. The first-order valence-corrected chi connectivity index (χ1v) is 6.73. The third-order valence-corrected chi connectivity index (χ3v) is 2.27. The molecule has 0 saturated heterocycles. The Hall–Kier alpha value is -2.24. The SMILES string of the molecule is CC(=O)OCCNc1ccc(NC(=O)OC(C)(C)C)cc1. The van der Waals surface area contributed by atoms with Gasteiger partial charge in [-0.15, -0.1) is 0 Å². The molecule has 1 amide bonds. The summed E-state index contributed by atoms with van der Waals surface area (Å²) in [6, 6.07) is 7.16. The van der Waals surface area contributed by atoms with Gasteiger partial charge in [-0.1, -0.05) is 0 Å². The lowest BCUT2D eigenvalue weighted by atomic mass is 10.2. The van der Waals surface area contributed by atoms with Gasteiger partial charge in [-0.2, -0.15) is 0 Å². The van der Waals surface area contributed by atoms with Crippen LogP contribution in [0.1, 0.15) is 27.7 Å². The van der Waals surface area contributed by atoms with Crippen LogP contribution in [0.3, 0.4) is 0 Å². The van der Waals surface area contributed by atoms with Gasteiger partial charge in [0.1, 0.15) is 12.2 Å². The molecule has 6 nitrogen and oxygen atoms in total. The van der Waals surface area contributed by atoms with Crippen molar-refractivity contribution in [3.63, 3.8) is 0 Å². The number of benzene rings is 1. The van der Waals surface area contributed by atoms with Crippen molar-refractivity contribution in [3.8, 4) is 0 Å². The number of anilines is 2. The van der Waals surface area contributed by atoms with Crippen molar-refractivity contribution in [2.45, 2.75) is 33.3 Å². The zero-order valence-electron chi connectivity index (χ0n) is 12.9. The van der Waals surface area contributed by atoms with Gasteiger partial charge in [0.25, 0.3) is 0 Å². The first-order chi connectivity index (χ1) is 9.76. The maximum absolute atomic E-state index is 11.6. The van der Waals surface area contributed by atoms with Gasteiger partial charge in [0, 0.05) is 24.8 Å². The number of hydrogen-bond donors (Lipinski definition) is 2. The highest BCUT2D eigenvalue weighted by molar-refractivity contribution is 5.85. The van der Waals surface area contributed by atoms with E-state index < -0.39 is 11.7 Å². The van der Waals surface area contributed by atoms with E-state index in [0.29, 0.717) is 18.8 Å². The van der Waals surface area contributed by atoms with Gasteiger partial charge < -0.3 is 14.8 Å². The van der Waals surface area contributed by atoms with Gasteiger partial charge in [0.05, 0.1) is 0 Å². The van der Waals surface area contributed by atoms with E-state index in [1.54, 1.807) is 12.1 Å². The molecule has 0 aliphatic carbocycles. The summed E-state index contributed by atoms with van der Waals surface area (Å²) in [5.74, 6) is -0.297. The number of ether oxygens (including phenoxy) is 2. The molecule has 0 aromatic heterocycles. The Kier molecular flexibility index (Phi) is 6.02. The minimum Gasteiger partial charge on any atom is -0.464 e. The summed E-state index contributed by atoms with van der Waals surface area (Å²) in [5, 5.41) is 5.75. The van der Waals surface area contributed by atoms with E-state index in [2.05, 4.69) is 10.6 Å². The minimum absolute atomic E-state index is 0.297. The Bertz CT molecular complexity index is 477. The molecular formula is C15H22N2O4. The predicted octanol–water partition coefficient (Wildman–Crippen LogP) is 3.01. The van der Waals surface area contributed by atoms with E-state index in [4.69, 9.17) is 9.47 Å². The molecule has 0 fully saturated rings. The third kappa shape index (κ3) is 7.81. The first kappa shape index (κ1) is 16.8. The number of nitrogens with one attached hydrogen (secondary N) is 2. The number of carbonyl (C=O) groups excluding carboxylic acids is 2. The van der Waals surface area contributed by atoms with Crippen LogP contribution in [0.4, 0.5) is 16.2 Å². The Balaban J connectivity index is 2.40. The summed E-state index contributed by atoms with van der Waals surface area (Å²) in [5.41, 5.74) is 0.995. The fourth-order valence-electron chi connectivity index (χ4n) is 1.48.